The van der Waals surface area contributed by atoms with Crippen molar-refractivity contribution in [2.45, 2.75) is 19.8 Å². The first-order chi connectivity index (χ1) is 6.75. The average Bonchev–Trinajstić information content (AvgIpc) is 2.18. The Labute approximate surface area is 86.2 Å². The Kier molecular flexibility index (Phi) is 4.47. The van der Waals surface area contributed by atoms with E-state index in [1.807, 2.05) is 0 Å². The third-order valence-corrected chi connectivity index (χ3v) is 2.43. The zero-order valence-corrected chi connectivity index (χ0v) is 9.03. The molecule has 0 radical (unpaired) electrons. The number of para-hydroxylation sites is 1. The van der Waals surface area contributed by atoms with Crippen LogP contribution in [-0.2, 0) is 0 Å². The van der Waals surface area contributed by atoms with Crippen molar-refractivity contribution in [2.24, 2.45) is 0 Å². The van der Waals surface area contributed by atoms with Crippen LogP contribution >= 0.6 is 0 Å². The number of hydrogen-bond acceptors (Lipinski definition) is 2. The van der Waals surface area contributed by atoms with Gasteiger partial charge in [0, 0.05) is 25.9 Å². The number of aryl methyl sites for hydroxylation is 1. The summed E-state index contributed by atoms with van der Waals surface area (Å²) in [6.45, 7) is 3.42. The van der Waals surface area contributed by atoms with Crippen molar-refractivity contribution >= 4 is 5.69 Å². The van der Waals surface area contributed by atoms with E-state index in [0.717, 1.165) is 19.4 Å². The van der Waals surface area contributed by atoms with Crippen molar-refractivity contribution in [3.63, 3.8) is 0 Å². The van der Waals surface area contributed by atoms with E-state index in [-0.39, 0.29) is 0 Å². The topological polar surface area (TPSA) is 23.5 Å². The van der Waals surface area contributed by atoms with E-state index in [1.54, 1.807) is 0 Å². The number of nitrogens with zero attached hydrogens (tertiary/aromatic N) is 1. The minimum absolute atomic E-state index is 0.293. The molecule has 1 aromatic carbocycles. The molecule has 0 heterocycles. The summed E-state index contributed by atoms with van der Waals surface area (Å²) in [4.78, 5) is 2.24. The van der Waals surface area contributed by atoms with E-state index in [0.29, 0.717) is 6.61 Å². The monoisotopic (exact) mass is 193 g/mol. The van der Waals surface area contributed by atoms with Crippen LogP contribution in [0.5, 0.6) is 0 Å². The third kappa shape index (κ3) is 3.04. The maximum atomic E-state index is 8.69. The highest BCUT2D eigenvalue weighted by molar-refractivity contribution is 5.52. The molecule has 1 rings (SSSR count). The van der Waals surface area contributed by atoms with Gasteiger partial charge in [-0.05, 0) is 31.4 Å². The van der Waals surface area contributed by atoms with Crippen LogP contribution in [0.4, 0.5) is 5.69 Å². The Hall–Kier alpha value is -1.02. The molecule has 2 heteroatoms. The molecule has 0 aliphatic rings. The summed E-state index contributed by atoms with van der Waals surface area (Å²) in [5, 5.41) is 8.69. The molecule has 0 unspecified atom stereocenters. The molecule has 0 atom stereocenters. The first kappa shape index (κ1) is 11.1. The molecule has 0 spiro atoms. The normalized spacial score (nSPS) is 10.2. The Morgan fingerprint density at radius 3 is 2.57 bits per heavy atom. The molecule has 1 N–H and O–H groups in total. The molecule has 0 bridgehead atoms. The second-order valence-electron chi connectivity index (χ2n) is 3.64. The molecule has 0 amide bonds. The highest BCUT2D eigenvalue weighted by Gasteiger charge is 2.02. The van der Waals surface area contributed by atoms with Crippen molar-refractivity contribution in [3.8, 4) is 0 Å². The highest BCUT2D eigenvalue weighted by atomic mass is 16.2. The molecule has 0 fully saturated rings. The van der Waals surface area contributed by atoms with Crippen LogP contribution in [0, 0.1) is 6.92 Å². The molecular weight excluding hydrogens is 174 g/mol. The highest BCUT2D eigenvalue weighted by Crippen LogP contribution is 2.17. The molecule has 0 saturated carbocycles. The van der Waals surface area contributed by atoms with E-state index >= 15 is 0 Å². The average molecular weight is 193 g/mol. The van der Waals surface area contributed by atoms with Crippen LogP contribution in [0.15, 0.2) is 24.3 Å². The molecule has 0 aliphatic carbocycles. The fraction of sp³-hybridized carbons (Fsp3) is 0.500. The number of aliphatic hydroxyl groups is 1. The molecule has 0 saturated heterocycles. The standard InChI is InChI=1S/C12H19NO/c1-11-7-3-4-8-12(11)13(2)9-5-6-10-14/h3-4,7-8,14H,5-6,9-10H2,1-2H3. The van der Waals surface area contributed by atoms with Crippen LogP contribution in [-0.4, -0.2) is 25.3 Å². The Balaban J connectivity index is 2.51. The first-order valence-electron chi connectivity index (χ1n) is 5.13. The molecule has 14 heavy (non-hydrogen) atoms. The SMILES string of the molecule is Cc1ccccc1N(C)CCCCO. The van der Waals surface area contributed by atoms with Crippen LogP contribution in [0.1, 0.15) is 18.4 Å². The van der Waals surface area contributed by atoms with Crippen LogP contribution in [0.2, 0.25) is 0 Å². The summed E-state index contributed by atoms with van der Waals surface area (Å²) in [6, 6.07) is 8.37. The Bertz CT molecular complexity index is 273. The van der Waals surface area contributed by atoms with Crippen LogP contribution < -0.4 is 4.90 Å². The lowest BCUT2D eigenvalue weighted by molar-refractivity contribution is 0.285. The van der Waals surface area contributed by atoms with Gasteiger partial charge in [0.15, 0.2) is 0 Å². The Morgan fingerprint density at radius 2 is 1.93 bits per heavy atom. The molecule has 2 nitrogen and oxygen atoms in total. The first-order valence-corrected chi connectivity index (χ1v) is 5.13. The van der Waals surface area contributed by atoms with E-state index in [1.165, 1.54) is 11.3 Å². The predicted octanol–water partition coefficient (Wildman–Crippen LogP) is 2.20. The summed E-state index contributed by atoms with van der Waals surface area (Å²) in [6.07, 6.45) is 1.93. The van der Waals surface area contributed by atoms with Gasteiger partial charge in [-0.2, -0.15) is 0 Å². The van der Waals surface area contributed by atoms with E-state index in [4.69, 9.17) is 5.11 Å². The lowest BCUT2D eigenvalue weighted by Gasteiger charge is -2.21. The van der Waals surface area contributed by atoms with E-state index in [2.05, 4.69) is 43.1 Å². The van der Waals surface area contributed by atoms with Crippen molar-refractivity contribution in [1.82, 2.24) is 0 Å². The summed E-state index contributed by atoms with van der Waals surface area (Å²) in [5.41, 5.74) is 2.59. The van der Waals surface area contributed by atoms with Gasteiger partial charge in [-0.3, -0.25) is 0 Å². The molecule has 78 valence electrons. The number of anilines is 1. The summed E-state index contributed by atoms with van der Waals surface area (Å²) < 4.78 is 0. The van der Waals surface area contributed by atoms with Gasteiger partial charge in [-0.25, -0.2) is 0 Å². The van der Waals surface area contributed by atoms with Gasteiger partial charge in [0.2, 0.25) is 0 Å². The van der Waals surface area contributed by atoms with Crippen LogP contribution in [0.3, 0.4) is 0 Å². The fourth-order valence-electron chi connectivity index (χ4n) is 1.57. The number of unbranched alkanes of at least 4 members (excludes halogenated alkanes) is 1. The molecular formula is C12H19NO. The lowest BCUT2D eigenvalue weighted by atomic mass is 10.2. The second-order valence-corrected chi connectivity index (χ2v) is 3.64. The van der Waals surface area contributed by atoms with Gasteiger partial charge in [-0.15, -0.1) is 0 Å². The van der Waals surface area contributed by atoms with E-state index < -0.39 is 0 Å². The van der Waals surface area contributed by atoms with E-state index in [9.17, 15) is 0 Å². The van der Waals surface area contributed by atoms with Crippen molar-refractivity contribution in [1.29, 1.82) is 0 Å². The number of benzene rings is 1. The smallest absolute Gasteiger partial charge is 0.0431 e. The van der Waals surface area contributed by atoms with Crippen molar-refractivity contribution < 1.29 is 5.11 Å². The zero-order chi connectivity index (χ0) is 10.4. The molecule has 0 aliphatic heterocycles. The fourth-order valence-corrected chi connectivity index (χ4v) is 1.57. The predicted molar refractivity (Wildman–Crippen MR) is 60.8 cm³/mol. The molecule has 1 aromatic rings. The minimum Gasteiger partial charge on any atom is -0.396 e. The van der Waals surface area contributed by atoms with Gasteiger partial charge in [0.05, 0.1) is 0 Å². The second kappa shape index (κ2) is 5.66. The zero-order valence-electron chi connectivity index (χ0n) is 9.03. The lowest BCUT2D eigenvalue weighted by Crippen LogP contribution is -2.19. The van der Waals surface area contributed by atoms with Gasteiger partial charge < -0.3 is 10.0 Å². The summed E-state index contributed by atoms with van der Waals surface area (Å²) in [5.74, 6) is 0. The largest absolute Gasteiger partial charge is 0.396 e. The quantitative estimate of drug-likeness (QED) is 0.725. The summed E-state index contributed by atoms with van der Waals surface area (Å²) in [7, 11) is 2.10. The number of aliphatic hydroxyl groups excluding tert-OH is 1. The van der Waals surface area contributed by atoms with Crippen molar-refractivity contribution in [2.75, 3.05) is 25.1 Å². The maximum absolute atomic E-state index is 8.69. The van der Waals surface area contributed by atoms with Gasteiger partial charge in [0.1, 0.15) is 0 Å². The third-order valence-electron chi connectivity index (χ3n) is 2.43. The number of hydrogen-bond donors (Lipinski definition) is 1. The Morgan fingerprint density at radius 1 is 1.21 bits per heavy atom. The van der Waals surface area contributed by atoms with Gasteiger partial charge in [-0.1, -0.05) is 18.2 Å². The maximum Gasteiger partial charge on any atom is 0.0431 e. The van der Waals surface area contributed by atoms with Crippen molar-refractivity contribution in [3.05, 3.63) is 29.8 Å². The van der Waals surface area contributed by atoms with Gasteiger partial charge >= 0.3 is 0 Å². The summed E-state index contributed by atoms with van der Waals surface area (Å²) >= 11 is 0. The number of rotatable bonds is 5. The van der Waals surface area contributed by atoms with Gasteiger partial charge in [0.25, 0.3) is 0 Å². The van der Waals surface area contributed by atoms with Crippen LogP contribution in [0.25, 0.3) is 0 Å². The minimum atomic E-state index is 0.293. The molecule has 0 aromatic heterocycles.